The van der Waals surface area contributed by atoms with Crippen LogP contribution in [0.1, 0.15) is 22.3 Å². The lowest BCUT2D eigenvalue weighted by molar-refractivity contribution is -0.137. The molecule has 0 bridgehead atoms. The van der Waals surface area contributed by atoms with Crippen molar-refractivity contribution in [3.05, 3.63) is 29.3 Å². The molecule has 0 saturated heterocycles. The van der Waals surface area contributed by atoms with Crippen molar-refractivity contribution in [1.29, 1.82) is 0 Å². The van der Waals surface area contributed by atoms with E-state index < -0.39 is 48.0 Å². The third-order valence-corrected chi connectivity index (χ3v) is 2.35. The van der Waals surface area contributed by atoms with Gasteiger partial charge in [-0.2, -0.15) is 26.3 Å². The van der Waals surface area contributed by atoms with Gasteiger partial charge in [-0.15, -0.1) is 0 Å². The number of alkyl halides is 6. The highest BCUT2D eigenvalue weighted by molar-refractivity contribution is 5.99. The van der Waals surface area contributed by atoms with Crippen molar-refractivity contribution in [3.63, 3.8) is 0 Å². The molecule has 0 unspecified atom stereocenters. The molecule has 0 aliphatic heterocycles. The molecule has 3 nitrogen and oxygen atoms in total. The average molecular weight is 300 g/mol. The number of rotatable bonds is 3. The van der Waals surface area contributed by atoms with Crippen LogP contribution >= 0.6 is 0 Å². The van der Waals surface area contributed by atoms with Crippen molar-refractivity contribution < 1.29 is 31.1 Å². The number of nitrogens with one attached hydrogen (secondary N) is 1. The van der Waals surface area contributed by atoms with Gasteiger partial charge in [0.1, 0.15) is 0 Å². The van der Waals surface area contributed by atoms with Crippen molar-refractivity contribution >= 4 is 11.6 Å². The summed E-state index contributed by atoms with van der Waals surface area (Å²) in [7, 11) is 0. The van der Waals surface area contributed by atoms with Crippen molar-refractivity contribution in [2.45, 2.75) is 18.8 Å². The smallest absolute Gasteiger partial charge is 0.398 e. The maximum atomic E-state index is 12.5. The fraction of sp³-hybridized carbons (Fsp3) is 0.364. The van der Waals surface area contributed by atoms with E-state index in [9.17, 15) is 31.1 Å². The summed E-state index contributed by atoms with van der Waals surface area (Å²) < 4.78 is 73.3. The van der Waals surface area contributed by atoms with Gasteiger partial charge in [0.05, 0.1) is 23.2 Å². The second-order valence-corrected chi connectivity index (χ2v) is 3.89. The minimum Gasteiger partial charge on any atom is -0.398 e. The fourth-order valence-corrected chi connectivity index (χ4v) is 1.42. The van der Waals surface area contributed by atoms with Gasteiger partial charge in [0.2, 0.25) is 0 Å². The van der Waals surface area contributed by atoms with Gasteiger partial charge in [-0.05, 0) is 12.1 Å². The van der Waals surface area contributed by atoms with Gasteiger partial charge in [0.25, 0.3) is 5.91 Å². The molecule has 0 heterocycles. The lowest BCUT2D eigenvalue weighted by Gasteiger charge is -2.13. The Labute approximate surface area is 109 Å². The van der Waals surface area contributed by atoms with E-state index in [2.05, 4.69) is 0 Å². The molecule has 0 spiro atoms. The van der Waals surface area contributed by atoms with Crippen LogP contribution in [-0.2, 0) is 6.18 Å². The summed E-state index contributed by atoms with van der Waals surface area (Å²) in [6, 6.07) is 2.65. The molecule has 0 aliphatic rings. The number of para-hydroxylation sites is 1. The molecule has 1 aromatic carbocycles. The Morgan fingerprint density at radius 3 is 2.25 bits per heavy atom. The van der Waals surface area contributed by atoms with Crippen LogP contribution in [0.2, 0.25) is 0 Å². The molecule has 1 rings (SSSR count). The summed E-state index contributed by atoms with van der Waals surface area (Å²) in [4.78, 5) is 11.5. The largest absolute Gasteiger partial charge is 0.418 e. The highest BCUT2D eigenvalue weighted by atomic mass is 19.4. The Kier molecular flexibility index (Phi) is 4.51. The summed E-state index contributed by atoms with van der Waals surface area (Å²) in [6.45, 7) is -0.738. The van der Waals surface area contributed by atoms with Gasteiger partial charge < -0.3 is 11.1 Å². The number of carbonyl (C=O) groups excluding carboxylic acids is 1. The standard InChI is InChI=1S/C11H10F6N2O/c12-10(13,14)4-5-19-9(20)6-2-1-3-7(8(6)18)11(15,16)17/h1-3H,4-5,18H2,(H,19,20). The predicted molar refractivity (Wildman–Crippen MR) is 58.9 cm³/mol. The number of anilines is 1. The van der Waals surface area contributed by atoms with Crippen LogP contribution in [0.25, 0.3) is 0 Å². The van der Waals surface area contributed by atoms with Crippen molar-refractivity contribution in [3.8, 4) is 0 Å². The number of nitrogens with two attached hydrogens (primary N) is 1. The first-order chi connectivity index (χ1) is 9.02. The zero-order chi connectivity index (χ0) is 15.6. The number of amides is 1. The number of halogens is 6. The first-order valence-electron chi connectivity index (χ1n) is 5.33. The molecule has 1 aromatic rings. The van der Waals surface area contributed by atoms with Crippen molar-refractivity contribution in [2.24, 2.45) is 0 Å². The van der Waals surface area contributed by atoms with Crippen LogP contribution in [0, 0.1) is 0 Å². The molecule has 1 amide bonds. The predicted octanol–water partition coefficient (Wildman–Crippen LogP) is 2.97. The van der Waals surface area contributed by atoms with Gasteiger partial charge in [0.15, 0.2) is 0 Å². The summed E-state index contributed by atoms with van der Waals surface area (Å²) in [5.41, 5.74) is 2.69. The normalized spacial score (nSPS) is 12.3. The Bertz CT molecular complexity index is 495. The third kappa shape index (κ3) is 4.32. The average Bonchev–Trinajstić information content (AvgIpc) is 2.25. The second-order valence-electron chi connectivity index (χ2n) is 3.89. The van der Waals surface area contributed by atoms with Crippen LogP contribution in [0.15, 0.2) is 18.2 Å². The molecule has 0 aromatic heterocycles. The molecule has 0 radical (unpaired) electrons. The lowest BCUT2D eigenvalue weighted by atomic mass is 10.1. The molecule has 0 aliphatic carbocycles. The quantitative estimate of drug-likeness (QED) is 0.666. The maximum absolute atomic E-state index is 12.5. The van der Waals surface area contributed by atoms with Gasteiger partial charge in [-0.25, -0.2) is 0 Å². The molecule has 0 fully saturated rings. The molecule has 0 saturated carbocycles. The van der Waals surface area contributed by atoms with E-state index in [4.69, 9.17) is 5.73 Å². The zero-order valence-electron chi connectivity index (χ0n) is 9.90. The summed E-state index contributed by atoms with van der Waals surface area (Å²) in [5.74, 6) is -1.09. The SMILES string of the molecule is Nc1c(C(=O)NCCC(F)(F)F)cccc1C(F)(F)F. The Balaban J connectivity index is 2.84. The molecule has 9 heteroatoms. The minimum atomic E-state index is -4.74. The van der Waals surface area contributed by atoms with Crippen LogP contribution < -0.4 is 11.1 Å². The van der Waals surface area contributed by atoms with E-state index in [0.717, 1.165) is 12.1 Å². The van der Waals surface area contributed by atoms with Crippen molar-refractivity contribution in [1.82, 2.24) is 5.32 Å². The van der Waals surface area contributed by atoms with E-state index in [1.807, 2.05) is 5.32 Å². The van der Waals surface area contributed by atoms with E-state index in [1.54, 1.807) is 0 Å². The van der Waals surface area contributed by atoms with Crippen LogP contribution in [0.5, 0.6) is 0 Å². The van der Waals surface area contributed by atoms with E-state index >= 15 is 0 Å². The number of benzene rings is 1. The number of hydrogen-bond donors (Lipinski definition) is 2. The topological polar surface area (TPSA) is 55.1 Å². The Morgan fingerprint density at radius 2 is 1.75 bits per heavy atom. The maximum Gasteiger partial charge on any atom is 0.418 e. The van der Waals surface area contributed by atoms with Crippen molar-refractivity contribution in [2.75, 3.05) is 12.3 Å². The van der Waals surface area contributed by atoms with Gasteiger partial charge >= 0.3 is 12.4 Å². The van der Waals surface area contributed by atoms with E-state index in [-0.39, 0.29) is 0 Å². The van der Waals surface area contributed by atoms with Gasteiger partial charge in [0, 0.05) is 6.54 Å². The highest BCUT2D eigenvalue weighted by Gasteiger charge is 2.34. The summed E-state index contributed by atoms with van der Waals surface area (Å²) in [6.07, 6.45) is -10.5. The third-order valence-electron chi connectivity index (χ3n) is 2.35. The first kappa shape index (κ1) is 16.1. The van der Waals surface area contributed by atoms with E-state index in [0.29, 0.717) is 6.07 Å². The molecule has 112 valence electrons. The van der Waals surface area contributed by atoms with Gasteiger partial charge in [-0.3, -0.25) is 4.79 Å². The molecular weight excluding hydrogens is 290 g/mol. The molecule has 20 heavy (non-hydrogen) atoms. The minimum absolute atomic E-state index is 0.512. The number of carbonyl (C=O) groups is 1. The number of nitrogen functional groups attached to an aromatic ring is 1. The number of hydrogen-bond acceptors (Lipinski definition) is 2. The second kappa shape index (κ2) is 5.59. The summed E-state index contributed by atoms with van der Waals surface area (Å²) in [5, 5.41) is 1.87. The Morgan fingerprint density at radius 1 is 1.15 bits per heavy atom. The fourth-order valence-electron chi connectivity index (χ4n) is 1.42. The van der Waals surface area contributed by atoms with Gasteiger partial charge in [-0.1, -0.05) is 6.07 Å². The highest BCUT2D eigenvalue weighted by Crippen LogP contribution is 2.34. The zero-order valence-corrected chi connectivity index (χ0v) is 9.90. The molecule has 0 atom stereocenters. The van der Waals surface area contributed by atoms with Crippen LogP contribution in [0.3, 0.4) is 0 Å². The first-order valence-corrected chi connectivity index (χ1v) is 5.33. The monoisotopic (exact) mass is 300 g/mol. The van der Waals surface area contributed by atoms with Crippen LogP contribution in [0.4, 0.5) is 32.0 Å². The molecule has 3 N–H and O–H groups in total. The lowest BCUT2D eigenvalue weighted by Crippen LogP contribution is -2.29. The summed E-state index contributed by atoms with van der Waals surface area (Å²) >= 11 is 0. The Hall–Kier alpha value is -1.93. The molecular formula is C11H10F6N2O. The van der Waals surface area contributed by atoms with Crippen LogP contribution in [-0.4, -0.2) is 18.6 Å². The van der Waals surface area contributed by atoms with E-state index in [1.165, 1.54) is 0 Å².